The highest BCUT2D eigenvalue weighted by Gasteiger charge is 2.24. The van der Waals surface area contributed by atoms with Gasteiger partial charge in [-0.2, -0.15) is 0 Å². The van der Waals surface area contributed by atoms with E-state index in [0.717, 1.165) is 26.2 Å². The number of carboxylic acids is 1. The average Bonchev–Trinajstić information content (AvgIpc) is 2.31. The molecule has 0 rings (SSSR count). The Kier molecular flexibility index (Phi) is 14.1. The maximum atomic E-state index is 10.4. The summed E-state index contributed by atoms with van der Waals surface area (Å²) in [6, 6.07) is 0. The second kappa shape index (κ2) is 12.9. The minimum absolute atomic E-state index is 0.345. The van der Waals surface area contributed by atoms with E-state index in [2.05, 4.69) is 20.8 Å². The molecule has 0 saturated carbocycles. The highest BCUT2D eigenvalue weighted by Crippen LogP contribution is 2.27. The van der Waals surface area contributed by atoms with E-state index < -0.39 is 5.97 Å². The average molecular weight is 260 g/mol. The molecule has 0 saturated heterocycles. The largest absolute Gasteiger partial charge is 0.481 e. The summed E-state index contributed by atoms with van der Waals surface area (Å²) in [6.45, 7) is 7.67. The number of rotatable bonds is 9. The molecule has 0 aromatic heterocycles. The van der Waals surface area contributed by atoms with Crippen molar-refractivity contribution in [3.8, 4) is 0 Å². The molecule has 0 spiro atoms. The minimum atomic E-state index is -0.833. The second-order valence-electron chi connectivity index (χ2n) is 5.05. The van der Waals surface area contributed by atoms with E-state index in [9.17, 15) is 5.11 Å². The summed E-state index contributed by atoms with van der Waals surface area (Å²) in [5.41, 5.74) is -0.345. The first kappa shape index (κ1) is 19.8. The maximum absolute atomic E-state index is 10.4. The molecule has 0 aromatic rings. The van der Waals surface area contributed by atoms with Crippen LogP contribution in [0.5, 0.6) is 0 Å². The summed E-state index contributed by atoms with van der Waals surface area (Å²) in [5, 5.41) is 17.8. The Morgan fingerprint density at radius 2 is 1.11 bits per heavy atom. The van der Waals surface area contributed by atoms with Crippen LogP contribution in [0.15, 0.2) is 0 Å². The number of carbonyl (C=O) groups is 1. The monoisotopic (exact) mass is 260 g/mol. The van der Waals surface area contributed by atoms with Crippen molar-refractivity contribution in [3.63, 3.8) is 0 Å². The summed E-state index contributed by atoms with van der Waals surface area (Å²) in [7, 11) is 0. The van der Waals surface area contributed by atoms with Crippen LogP contribution in [0.25, 0.3) is 0 Å². The van der Waals surface area contributed by atoms with Crippen LogP contribution >= 0.6 is 0 Å². The van der Waals surface area contributed by atoms with Crippen LogP contribution < -0.4 is 0 Å². The molecule has 0 aliphatic carbocycles. The molecular formula is C15H32O3. The molecule has 3 nitrogen and oxygen atoms in total. The molecule has 0 amide bonds. The molecule has 0 radical (unpaired) electrons. The van der Waals surface area contributed by atoms with Crippen LogP contribution in [0.4, 0.5) is 0 Å². The lowest BCUT2D eigenvalue weighted by Gasteiger charge is -2.28. The standard InChI is InChI=1S/C13H28O.C2H4O2/c1-4-7-10-13(14,11-8-5-2)12-9-6-3;1-2(3)4/h14H,4-12H2,1-3H3;1H3,(H,3,4). The molecule has 0 atom stereocenters. The lowest BCUT2D eigenvalue weighted by Crippen LogP contribution is -2.28. The molecule has 110 valence electrons. The van der Waals surface area contributed by atoms with Crippen molar-refractivity contribution in [2.75, 3.05) is 0 Å². The lowest BCUT2D eigenvalue weighted by molar-refractivity contribution is -0.134. The topological polar surface area (TPSA) is 57.5 Å². The van der Waals surface area contributed by atoms with Gasteiger partial charge in [0.1, 0.15) is 0 Å². The third-order valence-corrected chi connectivity index (χ3v) is 2.99. The van der Waals surface area contributed by atoms with Crippen LogP contribution in [0, 0.1) is 0 Å². The van der Waals surface area contributed by atoms with Gasteiger partial charge in [0.15, 0.2) is 0 Å². The number of hydrogen-bond acceptors (Lipinski definition) is 2. The Hall–Kier alpha value is -0.570. The number of aliphatic hydroxyl groups is 1. The van der Waals surface area contributed by atoms with Gasteiger partial charge >= 0.3 is 0 Å². The molecular weight excluding hydrogens is 228 g/mol. The van der Waals surface area contributed by atoms with E-state index in [1.54, 1.807) is 0 Å². The number of aliphatic carboxylic acids is 1. The molecule has 0 heterocycles. The van der Waals surface area contributed by atoms with Gasteiger partial charge in [0, 0.05) is 6.92 Å². The Morgan fingerprint density at radius 3 is 1.28 bits per heavy atom. The fourth-order valence-electron chi connectivity index (χ4n) is 1.89. The Labute approximate surface area is 113 Å². The number of unbranched alkanes of at least 4 members (excludes halogenated alkanes) is 3. The third-order valence-electron chi connectivity index (χ3n) is 2.99. The molecule has 0 fully saturated rings. The summed E-state index contributed by atoms with van der Waals surface area (Å²) < 4.78 is 0. The van der Waals surface area contributed by atoms with Crippen LogP contribution in [-0.2, 0) is 4.79 Å². The molecule has 0 aliphatic rings. The van der Waals surface area contributed by atoms with E-state index in [0.29, 0.717) is 0 Å². The van der Waals surface area contributed by atoms with E-state index in [-0.39, 0.29) is 5.60 Å². The van der Waals surface area contributed by atoms with E-state index >= 15 is 0 Å². The first-order valence-electron chi connectivity index (χ1n) is 7.33. The molecule has 0 unspecified atom stereocenters. The Bertz CT molecular complexity index is 164. The number of hydrogen-bond donors (Lipinski definition) is 2. The predicted molar refractivity (Wildman–Crippen MR) is 76.8 cm³/mol. The smallest absolute Gasteiger partial charge is 0.300 e. The fraction of sp³-hybridized carbons (Fsp3) is 0.933. The molecule has 3 heteroatoms. The van der Waals surface area contributed by atoms with Crippen molar-refractivity contribution < 1.29 is 15.0 Å². The van der Waals surface area contributed by atoms with Gasteiger partial charge in [-0.05, 0) is 19.3 Å². The zero-order valence-electron chi connectivity index (χ0n) is 12.7. The highest BCUT2D eigenvalue weighted by molar-refractivity contribution is 5.62. The summed E-state index contributed by atoms with van der Waals surface area (Å²) in [6.07, 6.45) is 10.1. The second-order valence-corrected chi connectivity index (χ2v) is 5.05. The fourth-order valence-corrected chi connectivity index (χ4v) is 1.89. The molecule has 0 aliphatic heterocycles. The summed E-state index contributed by atoms with van der Waals surface area (Å²) in [5.74, 6) is -0.833. The van der Waals surface area contributed by atoms with Gasteiger partial charge in [-0.15, -0.1) is 0 Å². The van der Waals surface area contributed by atoms with Gasteiger partial charge in [0.25, 0.3) is 5.97 Å². The quantitative estimate of drug-likeness (QED) is 0.647. The summed E-state index contributed by atoms with van der Waals surface area (Å²) in [4.78, 5) is 9.00. The Balaban J connectivity index is 0. The van der Waals surface area contributed by atoms with Crippen molar-refractivity contribution in [3.05, 3.63) is 0 Å². The van der Waals surface area contributed by atoms with Crippen molar-refractivity contribution in [2.45, 2.75) is 91.1 Å². The molecule has 18 heavy (non-hydrogen) atoms. The third kappa shape index (κ3) is 15.4. The lowest BCUT2D eigenvalue weighted by atomic mass is 9.86. The molecule has 2 N–H and O–H groups in total. The van der Waals surface area contributed by atoms with Crippen LogP contribution in [0.2, 0.25) is 0 Å². The van der Waals surface area contributed by atoms with E-state index in [4.69, 9.17) is 9.90 Å². The van der Waals surface area contributed by atoms with Gasteiger partial charge in [-0.25, -0.2) is 0 Å². The van der Waals surface area contributed by atoms with Crippen LogP contribution in [-0.4, -0.2) is 21.8 Å². The van der Waals surface area contributed by atoms with Crippen molar-refractivity contribution in [1.29, 1.82) is 0 Å². The summed E-state index contributed by atoms with van der Waals surface area (Å²) >= 11 is 0. The van der Waals surface area contributed by atoms with Gasteiger partial charge in [-0.3, -0.25) is 4.79 Å². The van der Waals surface area contributed by atoms with Gasteiger partial charge in [0.2, 0.25) is 0 Å². The molecule has 0 aromatic carbocycles. The first-order chi connectivity index (χ1) is 8.41. The molecule has 0 bridgehead atoms. The normalized spacial score (nSPS) is 10.7. The van der Waals surface area contributed by atoms with Gasteiger partial charge < -0.3 is 10.2 Å². The minimum Gasteiger partial charge on any atom is -0.481 e. The first-order valence-corrected chi connectivity index (χ1v) is 7.33. The predicted octanol–water partition coefficient (Wildman–Crippen LogP) is 4.38. The number of carboxylic acid groups (broad SMARTS) is 1. The van der Waals surface area contributed by atoms with Crippen molar-refractivity contribution in [2.24, 2.45) is 0 Å². The van der Waals surface area contributed by atoms with Crippen LogP contribution in [0.1, 0.15) is 85.5 Å². The Morgan fingerprint density at radius 1 is 0.889 bits per heavy atom. The zero-order chi connectivity index (χ0) is 14.4. The highest BCUT2D eigenvalue weighted by atomic mass is 16.4. The maximum Gasteiger partial charge on any atom is 0.300 e. The zero-order valence-corrected chi connectivity index (χ0v) is 12.7. The van der Waals surface area contributed by atoms with Gasteiger partial charge in [-0.1, -0.05) is 59.3 Å². The van der Waals surface area contributed by atoms with Crippen LogP contribution in [0.3, 0.4) is 0 Å². The van der Waals surface area contributed by atoms with Crippen molar-refractivity contribution in [1.82, 2.24) is 0 Å². The van der Waals surface area contributed by atoms with Gasteiger partial charge in [0.05, 0.1) is 5.60 Å². The SMILES string of the molecule is CC(=O)O.CCCCC(O)(CCCC)CCCC. The van der Waals surface area contributed by atoms with E-state index in [1.807, 2.05) is 0 Å². The van der Waals surface area contributed by atoms with Crippen molar-refractivity contribution >= 4 is 5.97 Å². The van der Waals surface area contributed by atoms with E-state index in [1.165, 1.54) is 38.5 Å².